The Morgan fingerprint density at radius 2 is 1.87 bits per heavy atom. The lowest BCUT2D eigenvalue weighted by Crippen LogP contribution is -2.28. The summed E-state index contributed by atoms with van der Waals surface area (Å²) >= 11 is 0. The molecule has 1 fully saturated rings. The Bertz CT molecular complexity index is 1190. The van der Waals surface area contributed by atoms with Crippen LogP contribution in [0.5, 0.6) is 5.75 Å². The minimum atomic E-state index is -0.994. The van der Waals surface area contributed by atoms with Crippen LogP contribution in [0.15, 0.2) is 48.7 Å². The smallest absolute Gasteiger partial charge is 0.187 e. The van der Waals surface area contributed by atoms with Crippen molar-refractivity contribution in [2.75, 3.05) is 13.1 Å². The van der Waals surface area contributed by atoms with Crippen molar-refractivity contribution in [3.8, 4) is 17.3 Å². The monoisotopic (exact) mass is 463 g/mol. The zero-order valence-electron chi connectivity index (χ0n) is 17.0. The third-order valence-electron chi connectivity index (χ3n) is 5.35. The van der Waals surface area contributed by atoms with Gasteiger partial charge >= 0.3 is 0 Å². The van der Waals surface area contributed by atoms with E-state index in [1.165, 1.54) is 0 Å². The summed E-state index contributed by atoms with van der Waals surface area (Å²) in [7, 11) is 0. The highest BCUT2D eigenvalue weighted by molar-refractivity contribution is 5.86. The second kappa shape index (κ2) is 9.77. The fraction of sp³-hybridized carbons (Fsp3) is 0.318. The highest BCUT2D eigenvalue weighted by atomic mass is 35.5. The van der Waals surface area contributed by atoms with Crippen molar-refractivity contribution in [1.29, 1.82) is 0 Å². The standard InChI is InChI=1S/C22H22FN5O.2ClH/c1-14-5-8-20-26-27-22(28(20)13-14)17-7-6-15-3-2-4-19(21(15)25-17)29-18-10-12-24-11-9-16(18)23;;/h2-8,13,16,18,24H,9-12H2,1H3;2*1H/t16-,18-;;/m1../s1. The van der Waals surface area contributed by atoms with Crippen molar-refractivity contribution in [3.05, 3.63) is 54.2 Å². The van der Waals surface area contributed by atoms with Gasteiger partial charge in [0, 0.05) is 11.6 Å². The fourth-order valence-electron chi connectivity index (χ4n) is 3.78. The summed E-state index contributed by atoms with van der Waals surface area (Å²) in [6, 6.07) is 13.6. The second-order valence-electron chi connectivity index (χ2n) is 7.48. The number of para-hydroxylation sites is 1. The van der Waals surface area contributed by atoms with Gasteiger partial charge in [-0.25, -0.2) is 9.37 Å². The number of halogens is 3. The van der Waals surface area contributed by atoms with Crippen LogP contribution in [0.1, 0.15) is 18.4 Å². The maximum absolute atomic E-state index is 14.5. The summed E-state index contributed by atoms with van der Waals surface area (Å²) in [4.78, 5) is 4.82. The molecule has 3 aromatic heterocycles. The van der Waals surface area contributed by atoms with Crippen molar-refractivity contribution in [2.24, 2.45) is 0 Å². The van der Waals surface area contributed by atoms with E-state index >= 15 is 0 Å². The lowest BCUT2D eigenvalue weighted by molar-refractivity contribution is 0.0983. The molecule has 0 amide bonds. The van der Waals surface area contributed by atoms with Crippen LogP contribution >= 0.6 is 24.8 Å². The second-order valence-corrected chi connectivity index (χ2v) is 7.48. The molecule has 9 heteroatoms. The average Bonchev–Trinajstić information content (AvgIpc) is 3.04. The summed E-state index contributed by atoms with van der Waals surface area (Å²) in [5.41, 5.74) is 3.28. The number of hydrogen-bond acceptors (Lipinski definition) is 5. The molecule has 0 unspecified atom stereocenters. The quantitative estimate of drug-likeness (QED) is 0.482. The zero-order chi connectivity index (χ0) is 19.8. The Morgan fingerprint density at radius 1 is 1.03 bits per heavy atom. The summed E-state index contributed by atoms with van der Waals surface area (Å²) in [5.74, 6) is 1.27. The van der Waals surface area contributed by atoms with Crippen molar-refractivity contribution < 1.29 is 9.13 Å². The number of alkyl halides is 1. The van der Waals surface area contributed by atoms with Crippen molar-refractivity contribution in [2.45, 2.75) is 32.0 Å². The van der Waals surface area contributed by atoms with Gasteiger partial charge in [-0.3, -0.25) is 4.40 Å². The molecule has 4 aromatic rings. The van der Waals surface area contributed by atoms with Gasteiger partial charge in [0.1, 0.15) is 29.2 Å². The van der Waals surface area contributed by atoms with Gasteiger partial charge in [0.25, 0.3) is 0 Å². The van der Waals surface area contributed by atoms with Crippen LogP contribution in [0.2, 0.25) is 0 Å². The maximum Gasteiger partial charge on any atom is 0.187 e. The Hall–Kier alpha value is -2.48. The SMILES string of the molecule is Cc1ccc2nnc(-c3ccc4cccc(O[C@@H]5CCNCC[C@H]5F)c4n3)n2c1.Cl.Cl. The normalized spacial score (nSPS) is 18.8. The van der Waals surface area contributed by atoms with Gasteiger partial charge < -0.3 is 10.1 Å². The molecule has 1 aromatic carbocycles. The Balaban J connectivity index is 0.00000136. The van der Waals surface area contributed by atoms with E-state index in [0.717, 1.165) is 23.1 Å². The Morgan fingerprint density at radius 3 is 2.74 bits per heavy atom. The average molecular weight is 464 g/mol. The molecule has 6 nitrogen and oxygen atoms in total. The number of rotatable bonds is 3. The van der Waals surface area contributed by atoms with Crippen LogP contribution in [0.3, 0.4) is 0 Å². The van der Waals surface area contributed by atoms with Crippen LogP contribution in [-0.4, -0.2) is 44.9 Å². The summed E-state index contributed by atoms with van der Waals surface area (Å²) in [6.07, 6.45) is 1.61. The number of pyridine rings is 2. The van der Waals surface area contributed by atoms with E-state index in [1.807, 2.05) is 60.0 Å². The number of aryl methyl sites for hydroxylation is 1. The molecule has 1 aliphatic heterocycles. The van der Waals surface area contributed by atoms with Crippen LogP contribution in [-0.2, 0) is 0 Å². The molecular formula is C22H24Cl2FN5O. The molecule has 0 bridgehead atoms. The van der Waals surface area contributed by atoms with Crippen molar-refractivity contribution in [1.82, 2.24) is 24.9 Å². The van der Waals surface area contributed by atoms with E-state index in [1.54, 1.807) is 0 Å². The Labute approximate surface area is 192 Å². The van der Waals surface area contributed by atoms with Gasteiger partial charge in [-0.1, -0.05) is 24.3 Å². The summed E-state index contributed by atoms with van der Waals surface area (Å²) < 4.78 is 22.6. The fourth-order valence-corrected chi connectivity index (χ4v) is 3.78. The van der Waals surface area contributed by atoms with Crippen LogP contribution in [0, 0.1) is 6.92 Å². The molecule has 0 aliphatic carbocycles. The first-order valence-corrected chi connectivity index (χ1v) is 9.92. The third kappa shape index (κ3) is 4.59. The van der Waals surface area contributed by atoms with Crippen LogP contribution in [0.4, 0.5) is 4.39 Å². The van der Waals surface area contributed by atoms with Crippen molar-refractivity contribution >= 4 is 41.4 Å². The topological polar surface area (TPSA) is 64.3 Å². The largest absolute Gasteiger partial charge is 0.485 e. The van der Waals surface area contributed by atoms with E-state index in [4.69, 9.17) is 9.72 Å². The molecule has 1 aliphatic rings. The molecule has 1 saturated heterocycles. The first kappa shape index (κ1) is 23.2. The third-order valence-corrected chi connectivity index (χ3v) is 5.35. The molecule has 31 heavy (non-hydrogen) atoms. The number of aromatic nitrogens is 4. The van der Waals surface area contributed by atoms with Crippen molar-refractivity contribution in [3.63, 3.8) is 0 Å². The molecule has 1 N–H and O–H groups in total. The number of nitrogens with one attached hydrogen (secondary N) is 1. The lowest BCUT2D eigenvalue weighted by atomic mass is 10.1. The van der Waals surface area contributed by atoms with E-state index < -0.39 is 12.3 Å². The van der Waals surface area contributed by atoms with Gasteiger partial charge in [-0.05, 0) is 56.6 Å². The lowest BCUT2D eigenvalue weighted by Gasteiger charge is -2.21. The van der Waals surface area contributed by atoms with Crippen LogP contribution in [0.25, 0.3) is 28.1 Å². The first-order chi connectivity index (χ1) is 14.2. The minimum Gasteiger partial charge on any atom is -0.485 e. The predicted molar refractivity (Wildman–Crippen MR) is 124 cm³/mol. The van der Waals surface area contributed by atoms with Gasteiger partial charge in [0.2, 0.25) is 0 Å². The highest BCUT2D eigenvalue weighted by Crippen LogP contribution is 2.29. The number of hydrogen-bond donors (Lipinski definition) is 1. The van der Waals surface area contributed by atoms with E-state index in [9.17, 15) is 4.39 Å². The summed E-state index contributed by atoms with van der Waals surface area (Å²) in [5, 5.41) is 12.7. The molecule has 2 atom stereocenters. The van der Waals surface area contributed by atoms with E-state index in [-0.39, 0.29) is 24.8 Å². The highest BCUT2D eigenvalue weighted by Gasteiger charge is 2.25. The number of ether oxygens (including phenoxy) is 1. The first-order valence-electron chi connectivity index (χ1n) is 9.92. The predicted octanol–water partition coefficient (Wildman–Crippen LogP) is 4.57. The number of benzene rings is 1. The maximum atomic E-state index is 14.5. The molecule has 0 radical (unpaired) electrons. The van der Waals surface area contributed by atoms with Gasteiger partial charge in [0.15, 0.2) is 11.5 Å². The molecule has 0 saturated carbocycles. The zero-order valence-corrected chi connectivity index (χ0v) is 18.6. The summed E-state index contributed by atoms with van der Waals surface area (Å²) in [6.45, 7) is 3.45. The Kier molecular flexibility index (Phi) is 7.30. The van der Waals surface area contributed by atoms with E-state index in [2.05, 4.69) is 15.5 Å². The number of nitrogens with zero attached hydrogens (tertiary/aromatic N) is 4. The molecule has 0 spiro atoms. The molecular weight excluding hydrogens is 440 g/mol. The van der Waals surface area contributed by atoms with Gasteiger partial charge in [0.05, 0.1) is 0 Å². The molecule has 164 valence electrons. The van der Waals surface area contributed by atoms with E-state index in [0.29, 0.717) is 42.2 Å². The van der Waals surface area contributed by atoms with Gasteiger partial charge in [-0.2, -0.15) is 0 Å². The van der Waals surface area contributed by atoms with Gasteiger partial charge in [-0.15, -0.1) is 35.0 Å². The van der Waals surface area contributed by atoms with Crippen LogP contribution < -0.4 is 10.1 Å². The molecule has 5 rings (SSSR count). The number of fused-ring (bicyclic) bond motifs is 2. The molecule has 4 heterocycles. The minimum absolute atomic E-state index is 0.